The van der Waals surface area contributed by atoms with Gasteiger partial charge in [0.05, 0.1) is 11.5 Å². The highest BCUT2D eigenvalue weighted by atomic mass is 32.2. The van der Waals surface area contributed by atoms with Crippen molar-refractivity contribution in [3.8, 4) is 0 Å². The van der Waals surface area contributed by atoms with Crippen molar-refractivity contribution >= 4 is 64.1 Å². The SMILES string of the molecule is CSc1ccc(NC(=O)CSc2nnc(SCC(N)=O)s2)cc1. The van der Waals surface area contributed by atoms with Gasteiger partial charge in [0.25, 0.3) is 0 Å². The van der Waals surface area contributed by atoms with Crippen molar-refractivity contribution in [3.63, 3.8) is 0 Å². The highest BCUT2D eigenvalue weighted by molar-refractivity contribution is 8.03. The number of amides is 2. The molecule has 23 heavy (non-hydrogen) atoms. The van der Waals surface area contributed by atoms with E-state index >= 15 is 0 Å². The number of nitrogens with one attached hydrogen (secondary N) is 1. The summed E-state index contributed by atoms with van der Waals surface area (Å²) in [6, 6.07) is 7.66. The van der Waals surface area contributed by atoms with Crippen molar-refractivity contribution in [3.05, 3.63) is 24.3 Å². The monoisotopic (exact) mass is 386 g/mol. The Bertz CT molecular complexity index is 675. The van der Waals surface area contributed by atoms with Crippen molar-refractivity contribution in [1.82, 2.24) is 10.2 Å². The average Bonchev–Trinajstić information content (AvgIpc) is 3.00. The topological polar surface area (TPSA) is 98.0 Å². The van der Waals surface area contributed by atoms with Crippen molar-refractivity contribution in [1.29, 1.82) is 0 Å². The molecule has 0 aliphatic rings. The lowest BCUT2D eigenvalue weighted by Gasteiger charge is -2.04. The third-order valence-corrected chi connectivity index (χ3v) is 6.38. The van der Waals surface area contributed by atoms with E-state index in [1.54, 1.807) is 11.8 Å². The number of hydrogen-bond donors (Lipinski definition) is 2. The fraction of sp³-hybridized carbons (Fsp3) is 0.231. The lowest BCUT2D eigenvalue weighted by atomic mass is 10.3. The number of aromatic nitrogens is 2. The summed E-state index contributed by atoms with van der Waals surface area (Å²) in [6.45, 7) is 0. The van der Waals surface area contributed by atoms with Crippen LogP contribution < -0.4 is 11.1 Å². The fourth-order valence-corrected chi connectivity index (χ4v) is 4.41. The lowest BCUT2D eigenvalue weighted by molar-refractivity contribution is -0.115. The van der Waals surface area contributed by atoms with Gasteiger partial charge in [0, 0.05) is 10.6 Å². The van der Waals surface area contributed by atoms with E-state index in [0.717, 1.165) is 10.6 Å². The third kappa shape index (κ3) is 6.42. The average molecular weight is 387 g/mol. The molecule has 1 aromatic heterocycles. The van der Waals surface area contributed by atoms with Gasteiger partial charge in [-0.3, -0.25) is 9.59 Å². The van der Waals surface area contributed by atoms with Gasteiger partial charge in [0.2, 0.25) is 11.8 Å². The Hall–Kier alpha value is -1.23. The highest BCUT2D eigenvalue weighted by Crippen LogP contribution is 2.28. The van der Waals surface area contributed by atoms with E-state index < -0.39 is 5.91 Å². The summed E-state index contributed by atoms with van der Waals surface area (Å²) in [6.07, 6.45) is 2.00. The Kier molecular flexibility index (Phi) is 7.21. The first-order valence-electron chi connectivity index (χ1n) is 6.38. The number of thioether (sulfide) groups is 3. The predicted molar refractivity (Wildman–Crippen MR) is 97.4 cm³/mol. The summed E-state index contributed by atoms with van der Waals surface area (Å²) in [5, 5.41) is 10.7. The lowest BCUT2D eigenvalue weighted by Crippen LogP contribution is -2.13. The van der Waals surface area contributed by atoms with Gasteiger partial charge in [-0.15, -0.1) is 22.0 Å². The van der Waals surface area contributed by atoms with Crippen LogP contribution >= 0.6 is 46.6 Å². The number of primary amides is 1. The summed E-state index contributed by atoms with van der Waals surface area (Å²) < 4.78 is 1.35. The molecule has 1 heterocycles. The molecule has 2 aromatic rings. The number of nitrogens with zero attached hydrogens (tertiary/aromatic N) is 2. The maximum Gasteiger partial charge on any atom is 0.234 e. The van der Waals surface area contributed by atoms with Crippen LogP contribution in [0.25, 0.3) is 0 Å². The number of anilines is 1. The predicted octanol–water partition coefficient (Wildman–Crippen LogP) is 2.57. The van der Waals surface area contributed by atoms with Crippen LogP contribution in [0.15, 0.2) is 37.8 Å². The Balaban J connectivity index is 1.78. The zero-order valence-electron chi connectivity index (χ0n) is 12.1. The van der Waals surface area contributed by atoms with E-state index in [9.17, 15) is 9.59 Å². The van der Waals surface area contributed by atoms with Crippen LogP contribution in [0.2, 0.25) is 0 Å². The number of carbonyl (C=O) groups excluding carboxylic acids is 2. The molecule has 0 bridgehead atoms. The third-order valence-electron chi connectivity index (χ3n) is 2.43. The molecule has 0 atom stereocenters. The molecule has 0 saturated carbocycles. The van der Waals surface area contributed by atoms with E-state index in [2.05, 4.69) is 15.5 Å². The Morgan fingerprint density at radius 1 is 1.13 bits per heavy atom. The Morgan fingerprint density at radius 2 is 1.74 bits per heavy atom. The highest BCUT2D eigenvalue weighted by Gasteiger charge is 2.09. The number of rotatable bonds is 8. The number of hydrogen-bond acceptors (Lipinski definition) is 8. The fourth-order valence-electron chi connectivity index (χ4n) is 1.45. The van der Waals surface area contributed by atoms with Crippen LogP contribution in [0, 0.1) is 0 Å². The molecule has 0 fully saturated rings. The van der Waals surface area contributed by atoms with Crippen LogP contribution in [-0.4, -0.2) is 39.8 Å². The molecule has 0 saturated heterocycles. The first kappa shape index (κ1) is 18.1. The molecule has 0 aliphatic carbocycles. The van der Waals surface area contributed by atoms with Crippen LogP contribution in [0.3, 0.4) is 0 Å². The number of nitrogens with two attached hydrogens (primary N) is 1. The number of benzene rings is 1. The second kappa shape index (κ2) is 9.16. The molecule has 1 aromatic carbocycles. The molecular formula is C13H14N4O2S4. The summed E-state index contributed by atoms with van der Waals surface area (Å²) in [4.78, 5) is 23.8. The standard InChI is InChI=1S/C13H14N4O2S4/c1-20-9-4-2-8(3-5-9)15-11(19)7-22-13-17-16-12(23-13)21-6-10(14)18/h2-5H,6-7H2,1H3,(H2,14,18)(H,15,19). The first-order chi connectivity index (χ1) is 11.1. The minimum absolute atomic E-state index is 0.103. The minimum Gasteiger partial charge on any atom is -0.369 e. The second-order valence-electron chi connectivity index (χ2n) is 4.15. The van der Waals surface area contributed by atoms with Crippen molar-refractivity contribution in [2.75, 3.05) is 23.1 Å². The molecule has 122 valence electrons. The molecule has 0 radical (unpaired) electrons. The maximum atomic E-state index is 11.9. The molecule has 0 unspecified atom stereocenters. The maximum absolute atomic E-state index is 11.9. The van der Waals surface area contributed by atoms with Gasteiger partial charge >= 0.3 is 0 Å². The van der Waals surface area contributed by atoms with E-state index in [4.69, 9.17) is 5.73 Å². The molecular weight excluding hydrogens is 372 g/mol. The van der Waals surface area contributed by atoms with Gasteiger partial charge in [-0.2, -0.15) is 0 Å². The Labute approximate surface area is 150 Å². The Morgan fingerprint density at radius 3 is 2.30 bits per heavy atom. The van der Waals surface area contributed by atoms with Gasteiger partial charge in [-0.1, -0.05) is 34.9 Å². The molecule has 3 N–H and O–H groups in total. The van der Waals surface area contributed by atoms with Gasteiger partial charge in [0.1, 0.15) is 0 Å². The quantitative estimate of drug-likeness (QED) is 0.673. The number of carbonyl (C=O) groups is 2. The van der Waals surface area contributed by atoms with E-state index in [1.165, 1.54) is 34.9 Å². The van der Waals surface area contributed by atoms with Crippen molar-refractivity contribution < 1.29 is 9.59 Å². The van der Waals surface area contributed by atoms with Gasteiger partial charge in [0.15, 0.2) is 8.68 Å². The van der Waals surface area contributed by atoms with E-state index in [-0.39, 0.29) is 17.4 Å². The molecule has 2 amide bonds. The normalized spacial score (nSPS) is 10.5. The van der Waals surface area contributed by atoms with Crippen LogP contribution in [0.5, 0.6) is 0 Å². The largest absolute Gasteiger partial charge is 0.369 e. The summed E-state index contributed by atoms with van der Waals surface area (Å²) in [5.41, 5.74) is 5.84. The molecule has 10 heteroatoms. The molecule has 6 nitrogen and oxygen atoms in total. The van der Waals surface area contributed by atoms with Gasteiger partial charge < -0.3 is 11.1 Å². The van der Waals surface area contributed by atoms with Crippen LogP contribution in [0.1, 0.15) is 0 Å². The van der Waals surface area contributed by atoms with Gasteiger partial charge in [-0.25, -0.2) is 0 Å². The smallest absolute Gasteiger partial charge is 0.234 e. The van der Waals surface area contributed by atoms with Crippen LogP contribution in [0.4, 0.5) is 5.69 Å². The van der Waals surface area contributed by atoms with E-state index in [1.807, 2.05) is 30.5 Å². The summed E-state index contributed by atoms with van der Waals surface area (Å²) in [7, 11) is 0. The molecule has 2 rings (SSSR count). The summed E-state index contributed by atoms with van der Waals surface area (Å²) >= 11 is 5.55. The van der Waals surface area contributed by atoms with Crippen LogP contribution in [-0.2, 0) is 9.59 Å². The molecule has 0 spiro atoms. The molecule has 0 aliphatic heterocycles. The van der Waals surface area contributed by atoms with E-state index in [0.29, 0.717) is 8.68 Å². The second-order valence-corrected chi connectivity index (χ2v) is 8.46. The van der Waals surface area contributed by atoms with Crippen molar-refractivity contribution in [2.45, 2.75) is 13.6 Å². The summed E-state index contributed by atoms with van der Waals surface area (Å²) in [5.74, 6) is -0.0784. The first-order valence-corrected chi connectivity index (χ1v) is 10.4. The minimum atomic E-state index is -0.397. The zero-order valence-corrected chi connectivity index (χ0v) is 15.4. The van der Waals surface area contributed by atoms with Crippen molar-refractivity contribution in [2.24, 2.45) is 5.73 Å². The zero-order chi connectivity index (χ0) is 16.7. The van der Waals surface area contributed by atoms with Gasteiger partial charge in [-0.05, 0) is 30.5 Å².